The molecule has 0 fully saturated rings. The predicted molar refractivity (Wildman–Crippen MR) is 66.4 cm³/mol. The van der Waals surface area contributed by atoms with Gasteiger partial charge in [-0.3, -0.25) is 4.79 Å². The van der Waals surface area contributed by atoms with Gasteiger partial charge in [-0.1, -0.05) is 45.2 Å². The summed E-state index contributed by atoms with van der Waals surface area (Å²) < 4.78 is 2.38. The largest absolute Gasteiger partial charge is 0.480 e. The van der Waals surface area contributed by atoms with Crippen LogP contribution in [0, 0.1) is 0 Å². The van der Waals surface area contributed by atoms with E-state index in [2.05, 4.69) is 3.53 Å². The minimum atomic E-state index is -1.04. The van der Waals surface area contributed by atoms with Crippen LogP contribution >= 0.6 is 68.0 Å². The number of carboxylic acids is 1. The van der Waals surface area contributed by atoms with Crippen LogP contribution < -0.4 is 3.53 Å². The minimum absolute atomic E-state index is 0.117. The minimum Gasteiger partial charge on any atom is -0.480 e. The monoisotopic (exact) mass is 497 g/mol. The van der Waals surface area contributed by atoms with Gasteiger partial charge < -0.3 is 10.2 Å². The van der Waals surface area contributed by atoms with Crippen molar-refractivity contribution in [2.45, 2.75) is 14.1 Å². The summed E-state index contributed by atoms with van der Waals surface area (Å²) in [5.41, 5.74) is 0. The van der Waals surface area contributed by atoms with Crippen LogP contribution in [0.3, 0.4) is 0 Å². The Morgan fingerprint density at radius 2 is 1.91 bits per heavy atom. The van der Waals surface area contributed by atoms with Gasteiger partial charge in [0.2, 0.25) is 0 Å². The van der Waals surface area contributed by atoms with Crippen LogP contribution in [-0.2, 0) is 4.79 Å². The van der Waals surface area contributed by atoms with E-state index in [-0.39, 0.29) is 1.93 Å². The summed E-state index contributed by atoms with van der Waals surface area (Å²) in [6.45, 7) is 0. The zero-order valence-corrected chi connectivity index (χ0v) is 11.6. The molecule has 0 aliphatic carbocycles. The number of nitrogens with one attached hydrogen (secondary N) is 1. The average molecular weight is 497 g/mol. The van der Waals surface area contributed by atoms with Crippen LogP contribution in [-0.4, -0.2) is 30.3 Å². The Hall–Kier alpha value is 1.58. The van der Waals surface area contributed by atoms with E-state index in [9.17, 15) is 9.90 Å². The third-order valence-corrected chi connectivity index (χ3v) is 3.13. The van der Waals surface area contributed by atoms with Gasteiger partial charge in [0.1, 0.15) is 12.1 Å². The molecule has 0 amide bonds. The molecule has 0 aromatic rings. The summed E-state index contributed by atoms with van der Waals surface area (Å²) in [6.07, 6.45) is -0.870. The van der Waals surface area contributed by atoms with Gasteiger partial charge in [0.15, 0.2) is 0 Å². The lowest BCUT2D eigenvalue weighted by molar-refractivity contribution is -0.141. The van der Waals surface area contributed by atoms with E-state index in [0.717, 1.165) is 0 Å². The highest BCUT2D eigenvalue weighted by atomic mass is 127. The molecular weight excluding hydrogens is 491 g/mol. The van der Waals surface area contributed by atoms with E-state index in [4.69, 9.17) is 5.11 Å². The first-order valence-corrected chi connectivity index (χ1v) is 6.13. The number of aliphatic hydroxyl groups excluding tert-OH is 1. The molecule has 0 saturated heterocycles. The van der Waals surface area contributed by atoms with Crippen molar-refractivity contribution in [3.63, 3.8) is 0 Å². The molecular formula is C4H6I3NO3. The van der Waals surface area contributed by atoms with Crippen LogP contribution in [0.5, 0.6) is 0 Å². The first-order valence-electron chi connectivity index (χ1n) is 2.56. The van der Waals surface area contributed by atoms with Crippen molar-refractivity contribution in [2.75, 3.05) is 0 Å². The van der Waals surface area contributed by atoms with E-state index in [0.29, 0.717) is 0 Å². The normalized spacial score (nSPS) is 16.5. The highest BCUT2D eigenvalue weighted by molar-refractivity contribution is 14.2. The quantitative estimate of drug-likeness (QED) is 0.308. The van der Waals surface area contributed by atoms with E-state index >= 15 is 0 Å². The maximum absolute atomic E-state index is 10.4. The topological polar surface area (TPSA) is 69.6 Å². The lowest BCUT2D eigenvalue weighted by atomic mass is 10.2. The first kappa shape index (κ1) is 12.6. The number of aliphatic carboxylic acids is 1. The maximum atomic E-state index is 10.4. The van der Waals surface area contributed by atoms with Crippen LogP contribution in [0.1, 0.15) is 0 Å². The van der Waals surface area contributed by atoms with Crippen molar-refractivity contribution in [3.8, 4) is 0 Å². The van der Waals surface area contributed by atoms with E-state index < -0.39 is 18.1 Å². The molecule has 0 heterocycles. The summed E-state index contributed by atoms with van der Waals surface area (Å²) in [6, 6.07) is -0.894. The van der Waals surface area contributed by atoms with Crippen LogP contribution in [0.2, 0.25) is 0 Å². The Labute approximate surface area is 105 Å². The van der Waals surface area contributed by atoms with Crippen molar-refractivity contribution in [3.05, 3.63) is 0 Å². The Bertz CT molecular complexity index is 143. The number of carbonyl (C=O) groups is 1. The summed E-state index contributed by atoms with van der Waals surface area (Å²) in [5, 5.41) is 17.9. The second-order valence-corrected chi connectivity index (χ2v) is 7.44. The molecule has 2 atom stereocenters. The second kappa shape index (κ2) is 6.10. The van der Waals surface area contributed by atoms with Crippen LogP contribution in [0.25, 0.3) is 0 Å². The molecule has 3 N–H and O–H groups in total. The molecule has 7 heteroatoms. The Balaban J connectivity index is 4.14. The fourth-order valence-electron chi connectivity index (χ4n) is 0.403. The van der Waals surface area contributed by atoms with Crippen LogP contribution in [0.4, 0.5) is 0 Å². The molecule has 0 spiro atoms. The number of aliphatic hydroxyl groups is 1. The van der Waals surface area contributed by atoms with Crippen LogP contribution in [0.15, 0.2) is 0 Å². The van der Waals surface area contributed by atoms with Crippen molar-refractivity contribution < 1.29 is 15.0 Å². The molecule has 0 aromatic carbocycles. The second-order valence-electron chi connectivity index (χ2n) is 1.75. The fraction of sp³-hybridized carbons (Fsp3) is 0.750. The number of hydrogen-bond donors (Lipinski definition) is 3. The summed E-state index contributed by atoms with van der Waals surface area (Å²) in [5.74, 6) is -1.04. The van der Waals surface area contributed by atoms with Gasteiger partial charge in [-0.25, -0.2) is 3.53 Å². The van der Waals surface area contributed by atoms with E-state index in [1.165, 1.54) is 0 Å². The molecule has 0 radical (unpaired) electrons. The smallest absolute Gasteiger partial charge is 0.324 e. The lowest BCUT2D eigenvalue weighted by Crippen LogP contribution is -2.44. The zero-order valence-electron chi connectivity index (χ0n) is 5.17. The molecule has 0 aliphatic rings. The molecule has 66 valence electrons. The number of halogens is 3. The fourth-order valence-corrected chi connectivity index (χ4v) is 1.87. The van der Waals surface area contributed by atoms with E-state index in [1.807, 2.05) is 45.2 Å². The highest BCUT2D eigenvalue weighted by Crippen LogP contribution is 2.17. The average Bonchev–Trinajstić information content (AvgIpc) is 1.88. The summed E-state index contributed by atoms with van der Waals surface area (Å²) in [7, 11) is 0. The summed E-state index contributed by atoms with van der Waals surface area (Å²) >= 11 is 5.66. The molecule has 0 rings (SSSR count). The molecule has 11 heavy (non-hydrogen) atoms. The van der Waals surface area contributed by atoms with Gasteiger partial charge in [0.25, 0.3) is 0 Å². The maximum Gasteiger partial charge on any atom is 0.324 e. The molecule has 0 unspecified atom stereocenters. The Kier molecular flexibility index (Phi) is 6.97. The summed E-state index contributed by atoms with van der Waals surface area (Å²) in [4.78, 5) is 10.4. The number of carboxylic acid groups (broad SMARTS) is 1. The SMILES string of the molecule is O=C(O)[C@@H](NI)[C@H](O)C(I)I. The molecule has 0 saturated carbocycles. The van der Waals surface area contributed by atoms with Crippen molar-refractivity contribution in [1.82, 2.24) is 3.53 Å². The van der Waals surface area contributed by atoms with Gasteiger partial charge in [-0.15, -0.1) is 0 Å². The number of rotatable bonds is 4. The van der Waals surface area contributed by atoms with Crippen molar-refractivity contribution in [1.29, 1.82) is 0 Å². The van der Waals surface area contributed by atoms with Crippen molar-refractivity contribution in [2.24, 2.45) is 0 Å². The Morgan fingerprint density at radius 1 is 1.45 bits per heavy atom. The molecule has 0 aromatic heterocycles. The standard InChI is InChI=1S/C4H6I3NO3/c5-3(6)2(9)1(8-7)4(10)11/h1-3,8-9H,(H,10,11)/t1-,2-/m0/s1. The van der Waals surface area contributed by atoms with E-state index in [1.54, 1.807) is 22.9 Å². The third kappa shape index (κ3) is 4.38. The molecule has 0 bridgehead atoms. The predicted octanol–water partition coefficient (Wildman–Crippen LogP) is 0.936. The van der Waals surface area contributed by atoms with Gasteiger partial charge in [0, 0.05) is 22.9 Å². The number of hydrogen-bond acceptors (Lipinski definition) is 3. The molecule has 0 aliphatic heterocycles. The Morgan fingerprint density at radius 3 is 2.00 bits per heavy atom. The number of alkyl halides is 2. The van der Waals surface area contributed by atoms with Gasteiger partial charge >= 0.3 is 5.97 Å². The highest BCUT2D eigenvalue weighted by Gasteiger charge is 2.29. The van der Waals surface area contributed by atoms with Gasteiger partial charge in [-0.2, -0.15) is 0 Å². The first-order chi connectivity index (χ1) is 5.00. The lowest BCUT2D eigenvalue weighted by Gasteiger charge is -2.18. The molecule has 4 nitrogen and oxygen atoms in total. The van der Waals surface area contributed by atoms with Gasteiger partial charge in [0.05, 0.1) is 1.93 Å². The van der Waals surface area contributed by atoms with Crippen molar-refractivity contribution >= 4 is 74.0 Å². The zero-order chi connectivity index (χ0) is 9.02. The third-order valence-electron chi connectivity index (χ3n) is 0.983. The van der Waals surface area contributed by atoms with Gasteiger partial charge in [-0.05, 0) is 0 Å².